The Kier molecular flexibility index (Phi) is 4.59. The van der Waals surface area contributed by atoms with Crippen molar-refractivity contribution in [1.82, 2.24) is 4.98 Å². The van der Waals surface area contributed by atoms with Gasteiger partial charge in [-0.2, -0.15) is 0 Å². The Labute approximate surface area is 152 Å². The van der Waals surface area contributed by atoms with Crippen LogP contribution >= 0.6 is 11.3 Å². The number of fused-ring (bicyclic) bond motifs is 1. The molecule has 0 atom stereocenters. The summed E-state index contributed by atoms with van der Waals surface area (Å²) >= 11 is 1.71. The average Bonchev–Trinajstić information content (AvgIpc) is 2.97. The molecule has 3 heterocycles. The Morgan fingerprint density at radius 3 is 2.56 bits per heavy atom. The zero-order valence-electron chi connectivity index (χ0n) is 14.3. The van der Waals surface area contributed by atoms with Gasteiger partial charge in [0, 0.05) is 41.3 Å². The largest absolute Gasteiger partial charge is 0.397 e. The summed E-state index contributed by atoms with van der Waals surface area (Å²) in [5.74, 6) is 0. The standard InChI is InChI=1S/C20H24N4S/c21-15-9-12-24(13-10-15)16-6-3-14(4-7-16)5-8-18-19(22)17-2-1-11-23-20(17)25-18/h1-4,6-7,11,15H,5,8-10,12-13,21-22H2. The number of hydrogen-bond donors (Lipinski definition) is 2. The number of hydrogen-bond acceptors (Lipinski definition) is 5. The number of nitrogens with two attached hydrogens (primary N) is 2. The van der Waals surface area contributed by atoms with Crippen LogP contribution in [0.5, 0.6) is 0 Å². The second-order valence-electron chi connectivity index (χ2n) is 6.79. The van der Waals surface area contributed by atoms with Gasteiger partial charge < -0.3 is 16.4 Å². The first-order chi connectivity index (χ1) is 12.2. The smallest absolute Gasteiger partial charge is 0.125 e. The summed E-state index contributed by atoms with van der Waals surface area (Å²) in [6, 6.07) is 13.3. The highest BCUT2D eigenvalue weighted by Gasteiger charge is 2.16. The molecule has 5 heteroatoms. The van der Waals surface area contributed by atoms with Gasteiger partial charge in [-0.1, -0.05) is 12.1 Å². The van der Waals surface area contributed by atoms with E-state index >= 15 is 0 Å². The number of pyridine rings is 1. The average molecular weight is 353 g/mol. The lowest BCUT2D eigenvalue weighted by atomic mass is 10.0. The fourth-order valence-corrected chi connectivity index (χ4v) is 4.53. The van der Waals surface area contributed by atoms with Crippen LogP contribution in [0.3, 0.4) is 0 Å². The van der Waals surface area contributed by atoms with Gasteiger partial charge in [-0.15, -0.1) is 11.3 Å². The fourth-order valence-electron chi connectivity index (χ4n) is 3.47. The van der Waals surface area contributed by atoms with Crippen molar-refractivity contribution in [2.45, 2.75) is 31.7 Å². The predicted octanol–water partition coefficient (Wildman–Crippen LogP) is 3.59. The van der Waals surface area contributed by atoms with E-state index in [2.05, 4.69) is 40.2 Å². The lowest BCUT2D eigenvalue weighted by Gasteiger charge is -2.32. The van der Waals surface area contributed by atoms with Gasteiger partial charge in [0.25, 0.3) is 0 Å². The molecule has 0 spiro atoms. The van der Waals surface area contributed by atoms with Crippen LogP contribution in [0.2, 0.25) is 0 Å². The number of nitrogen functional groups attached to an aromatic ring is 1. The molecule has 3 aromatic rings. The lowest BCUT2D eigenvalue weighted by molar-refractivity contribution is 0.501. The second kappa shape index (κ2) is 7.02. The molecule has 4 nitrogen and oxygen atoms in total. The van der Waals surface area contributed by atoms with Crippen molar-refractivity contribution < 1.29 is 0 Å². The lowest BCUT2D eigenvalue weighted by Crippen LogP contribution is -2.39. The summed E-state index contributed by atoms with van der Waals surface area (Å²) < 4.78 is 0. The Morgan fingerprint density at radius 1 is 1.08 bits per heavy atom. The first-order valence-electron chi connectivity index (χ1n) is 8.92. The van der Waals surface area contributed by atoms with Crippen molar-refractivity contribution >= 4 is 32.9 Å². The van der Waals surface area contributed by atoms with E-state index in [-0.39, 0.29) is 0 Å². The number of anilines is 2. The van der Waals surface area contributed by atoms with Crippen LogP contribution in [0.15, 0.2) is 42.6 Å². The minimum Gasteiger partial charge on any atom is -0.397 e. The monoisotopic (exact) mass is 352 g/mol. The van der Waals surface area contributed by atoms with E-state index in [1.54, 1.807) is 11.3 Å². The maximum Gasteiger partial charge on any atom is 0.125 e. The highest BCUT2D eigenvalue weighted by molar-refractivity contribution is 7.19. The maximum atomic E-state index is 6.29. The molecule has 1 saturated heterocycles. The SMILES string of the molecule is Nc1c(CCc2ccc(N3CCC(N)CC3)cc2)sc2ncccc12. The van der Waals surface area contributed by atoms with E-state index in [1.807, 2.05) is 12.3 Å². The number of piperidine rings is 1. The third-order valence-electron chi connectivity index (χ3n) is 5.06. The van der Waals surface area contributed by atoms with Gasteiger partial charge in [0.1, 0.15) is 4.83 Å². The second-order valence-corrected chi connectivity index (χ2v) is 7.87. The summed E-state index contributed by atoms with van der Waals surface area (Å²) in [5.41, 5.74) is 15.8. The number of nitrogens with zero attached hydrogens (tertiary/aromatic N) is 2. The molecule has 0 unspecified atom stereocenters. The topological polar surface area (TPSA) is 68.2 Å². The minimum atomic E-state index is 0.372. The van der Waals surface area contributed by atoms with Crippen LogP contribution in [-0.4, -0.2) is 24.1 Å². The highest BCUT2D eigenvalue weighted by Crippen LogP contribution is 2.33. The third kappa shape index (κ3) is 3.48. The van der Waals surface area contributed by atoms with Gasteiger partial charge in [0.05, 0.1) is 5.69 Å². The van der Waals surface area contributed by atoms with Gasteiger partial charge in [-0.05, 0) is 55.5 Å². The van der Waals surface area contributed by atoms with E-state index in [4.69, 9.17) is 11.5 Å². The van der Waals surface area contributed by atoms with Gasteiger partial charge in [0.15, 0.2) is 0 Å². The van der Waals surface area contributed by atoms with Gasteiger partial charge in [-0.25, -0.2) is 4.98 Å². The zero-order chi connectivity index (χ0) is 17.2. The summed E-state index contributed by atoms with van der Waals surface area (Å²) in [4.78, 5) is 9.12. The molecule has 0 radical (unpaired) electrons. The molecule has 0 amide bonds. The minimum absolute atomic E-state index is 0.372. The normalized spacial score (nSPS) is 15.8. The number of rotatable bonds is 4. The van der Waals surface area contributed by atoms with E-state index in [9.17, 15) is 0 Å². The molecule has 4 rings (SSSR count). The van der Waals surface area contributed by atoms with Crippen LogP contribution < -0.4 is 16.4 Å². The van der Waals surface area contributed by atoms with Gasteiger partial charge in [0.2, 0.25) is 0 Å². The molecule has 1 aliphatic rings. The molecule has 0 aliphatic carbocycles. The summed E-state index contributed by atoms with van der Waals surface area (Å²) in [6.45, 7) is 2.12. The Morgan fingerprint density at radius 2 is 1.84 bits per heavy atom. The maximum absolute atomic E-state index is 6.29. The van der Waals surface area contributed by atoms with E-state index in [1.165, 1.54) is 16.1 Å². The van der Waals surface area contributed by atoms with Crippen molar-refractivity contribution in [3.63, 3.8) is 0 Å². The molecule has 1 fully saturated rings. The Balaban J connectivity index is 1.42. The number of aryl methyl sites for hydroxylation is 2. The van der Waals surface area contributed by atoms with Crippen molar-refractivity contribution in [2.75, 3.05) is 23.7 Å². The molecule has 130 valence electrons. The van der Waals surface area contributed by atoms with Crippen LogP contribution in [0.25, 0.3) is 10.2 Å². The molecule has 0 saturated carbocycles. The molecule has 4 N–H and O–H groups in total. The number of benzene rings is 1. The molecular weight excluding hydrogens is 328 g/mol. The quantitative estimate of drug-likeness (QED) is 0.753. The van der Waals surface area contributed by atoms with Gasteiger partial charge in [-0.3, -0.25) is 0 Å². The van der Waals surface area contributed by atoms with Crippen LogP contribution in [0.4, 0.5) is 11.4 Å². The fraction of sp³-hybridized carbons (Fsp3) is 0.350. The molecule has 2 aromatic heterocycles. The van der Waals surface area contributed by atoms with E-state index in [0.29, 0.717) is 6.04 Å². The number of aromatic nitrogens is 1. The van der Waals surface area contributed by atoms with E-state index < -0.39 is 0 Å². The van der Waals surface area contributed by atoms with Crippen LogP contribution in [0, 0.1) is 0 Å². The number of thiophene rings is 1. The highest BCUT2D eigenvalue weighted by atomic mass is 32.1. The summed E-state index contributed by atoms with van der Waals surface area (Å²) in [6.07, 6.45) is 5.96. The predicted molar refractivity (Wildman–Crippen MR) is 107 cm³/mol. The molecule has 0 bridgehead atoms. The zero-order valence-corrected chi connectivity index (χ0v) is 15.1. The van der Waals surface area contributed by atoms with Crippen molar-refractivity contribution in [3.8, 4) is 0 Å². The Bertz CT molecular complexity index is 848. The van der Waals surface area contributed by atoms with Crippen LogP contribution in [0.1, 0.15) is 23.3 Å². The third-order valence-corrected chi connectivity index (χ3v) is 6.25. The first kappa shape index (κ1) is 16.4. The summed E-state index contributed by atoms with van der Waals surface area (Å²) in [5, 5.41) is 1.08. The molecular formula is C20H24N4S. The Hall–Kier alpha value is -2.11. The first-order valence-corrected chi connectivity index (χ1v) is 9.73. The van der Waals surface area contributed by atoms with Crippen molar-refractivity contribution in [2.24, 2.45) is 5.73 Å². The molecule has 25 heavy (non-hydrogen) atoms. The molecule has 1 aliphatic heterocycles. The van der Waals surface area contributed by atoms with E-state index in [0.717, 1.165) is 54.7 Å². The van der Waals surface area contributed by atoms with Gasteiger partial charge >= 0.3 is 0 Å². The van der Waals surface area contributed by atoms with Crippen molar-refractivity contribution in [1.29, 1.82) is 0 Å². The van der Waals surface area contributed by atoms with Crippen LogP contribution in [-0.2, 0) is 12.8 Å². The summed E-state index contributed by atoms with van der Waals surface area (Å²) in [7, 11) is 0. The van der Waals surface area contributed by atoms with Crippen molar-refractivity contribution in [3.05, 3.63) is 53.0 Å². The molecule has 1 aromatic carbocycles.